The highest BCUT2D eigenvalue weighted by Crippen LogP contribution is 2.38. The molecule has 0 radical (unpaired) electrons. The van der Waals surface area contributed by atoms with E-state index in [2.05, 4.69) is 0 Å². The molecule has 2 saturated heterocycles. The average molecular weight is 926 g/mol. The minimum absolute atomic E-state index is 0.138. The number of fused-ring (bicyclic) bond motifs is 2. The van der Waals surface area contributed by atoms with E-state index in [0.717, 1.165) is 12.8 Å². The van der Waals surface area contributed by atoms with Crippen molar-refractivity contribution in [3.05, 3.63) is 72.9 Å². The molecule has 370 valence electrons. The van der Waals surface area contributed by atoms with Crippen LogP contribution in [0.25, 0.3) is 0 Å². The lowest BCUT2D eigenvalue weighted by molar-refractivity contribution is -0.310. The fraction of sp³-hybridized carbons (Fsp3) is 0.702. The summed E-state index contributed by atoms with van der Waals surface area (Å²) in [7, 11) is 0. The van der Waals surface area contributed by atoms with E-state index in [1.54, 1.807) is 38.2 Å². The van der Waals surface area contributed by atoms with Crippen molar-refractivity contribution in [3.63, 3.8) is 0 Å². The Bertz CT molecular complexity index is 1620. The van der Waals surface area contributed by atoms with Gasteiger partial charge in [0.2, 0.25) is 0 Å². The lowest BCUT2D eigenvalue weighted by atomic mass is 9.82. The van der Waals surface area contributed by atoms with Crippen molar-refractivity contribution in [2.75, 3.05) is 0 Å². The maximum absolute atomic E-state index is 12.6. The molecule has 13 N–H and O–H groups in total. The van der Waals surface area contributed by atoms with E-state index in [9.17, 15) is 65.8 Å². The number of hydrogen-bond donors (Lipinski definition) is 12. The highest BCUT2D eigenvalue weighted by molar-refractivity contribution is 5.71. The summed E-state index contributed by atoms with van der Waals surface area (Å²) in [4.78, 5) is 25.1. The van der Waals surface area contributed by atoms with Crippen LogP contribution < -0.4 is 5.73 Å². The number of nitrogens with two attached hydrogens (primary N) is 1. The van der Waals surface area contributed by atoms with Gasteiger partial charge >= 0.3 is 11.9 Å². The van der Waals surface area contributed by atoms with Crippen LogP contribution in [0.2, 0.25) is 0 Å². The lowest BCUT2D eigenvalue weighted by Crippen LogP contribution is -2.61. The van der Waals surface area contributed by atoms with Crippen molar-refractivity contribution < 1.29 is 84.7 Å². The second-order valence-electron chi connectivity index (χ2n) is 17.8. The summed E-state index contributed by atoms with van der Waals surface area (Å²) in [5, 5.41) is 118. The van der Waals surface area contributed by atoms with Gasteiger partial charge in [-0.15, -0.1) is 0 Å². The summed E-state index contributed by atoms with van der Waals surface area (Å²) < 4.78 is 23.2. The molecule has 0 saturated carbocycles. The molecular weight excluding hydrogens is 851 g/mol. The van der Waals surface area contributed by atoms with Crippen LogP contribution in [0, 0.1) is 17.8 Å². The van der Waals surface area contributed by atoms with E-state index >= 15 is 0 Å². The summed E-state index contributed by atoms with van der Waals surface area (Å²) in [5.74, 6) is -6.82. The molecule has 65 heavy (non-hydrogen) atoms. The topological polar surface area (TPSA) is 320 Å². The third-order valence-electron chi connectivity index (χ3n) is 12.2. The number of ether oxygens (including phenoxy) is 4. The monoisotopic (exact) mass is 926 g/mol. The average Bonchev–Trinajstić information content (AvgIpc) is 3.21. The molecule has 0 aromatic carbocycles. The van der Waals surface area contributed by atoms with Gasteiger partial charge < -0.3 is 80.9 Å². The van der Waals surface area contributed by atoms with Crippen molar-refractivity contribution in [2.45, 2.75) is 189 Å². The van der Waals surface area contributed by atoms with Gasteiger partial charge in [-0.05, 0) is 52.4 Å². The third-order valence-corrected chi connectivity index (χ3v) is 12.2. The van der Waals surface area contributed by atoms with Gasteiger partial charge in [0.05, 0.1) is 79.6 Å². The number of carboxylic acids is 1. The zero-order chi connectivity index (χ0) is 48.4. The summed E-state index contributed by atoms with van der Waals surface area (Å²) >= 11 is 0. The van der Waals surface area contributed by atoms with Crippen LogP contribution in [0.1, 0.15) is 91.9 Å². The molecule has 0 spiro atoms. The summed E-state index contributed by atoms with van der Waals surface area (Å²) in [6.07, 6.45) is 2.28. The largest absolute Gasteiger partial charge is 0.481 e. The second kappa shape index (κ2) is 27.6. The van der Waals surface area contributed by atoms with Gasteiger partial charge in [-0.2, -0.15) is 0 Å². The van der Waals surface area contributed by atoms with Crippen molar-refractivity contribution in [1.82, 2.24) is 0 Å². The van der Waals surface area contributed by atoms with Crippen LogP contribution in [0.15, 0.2) is 72.9 Å². The van der Waals surface area contributed by atoms with Crippen LogP contribution >= 0.6 is 0 Å². The van der Waals surface area contributed by atoms with Gasteiger partial charge in [-0.3, -0.25) is 9.59 Å². The highest BCUT2D eigenvalue weighted by atomic mass is 16.7. The Morgan fingerprint density at radius 3 is 1.94 bits per heavy atom. The molecule has 2 bridgehead atoms. The highest BCUT2D eigenvalue weighted by Gasteiger charge is 2.51. The van der Waals surface area contributed by atoms with Crippen LogP contribution in [0.4, 0.5) is 0 Å². The molecule has 3 aliphatic heterocycles. The number of aliphatic carboxylic acids is 1. The van der Waals surface area contributed by atoms with Crippen molar-refractivity contribution in [1.29, 1.82) is 0 Å². The molecular formula is C47H75NO17. The Balaban J connectivity index is 1.84. The molecule has 19 atom stereocenters. The molecule has 0 aromatic heterocycles. The molecule has 1 unspecified atom stereocenters. The van der Waals surface area contributed by atoms with E-state index in [-0.39, 0.29) is 38.0 Å². The molecule has 3 rings (SSSR count). The van der Waals surface area contributed by atoms with Gasteiger partial charge in [0.25, 0.3) is 0 Å². The second-order valence-corrected chi connectivity index (χ2v) is 17.8. The van der Waals surface area contributed by atoms with Crippen molar-refractivity contribution >= 4 is 11.9 Å². The molecule has 18 nitrogen and oxygen atoms in total. The number of hydrogen-bond acceptors (Lipinski definition) is 17. The number of aliphatic hydroxyl groups excluding tert-OH is 9. The smallest absolute Gasteiger partial charge is 0.311 e. The number of cyclic esters (lactones) is 1. The quantitative estimate of drug-likeness (QED) is 0.175. The number of carbonyl (C=O) groups excluding carboxylic acids is 1. The number of rotatable bonds is 3. The zero-order valence-electron chi connectivity index (χ0n) is 37.8. The van der Waals surface area contributed by atoms with E-state index in [4.69, 9.17) is 24.7 Å². The summed E-state index contributed by atoms with van der Waals surface area (Å²) in [5.41, 5.74) is 6.02. The molecule has 0 aromatic rings. The van der Waals surface area contributed by atoms with Gasteiger partial charge in [0, 0.05) is 31.1 Å². The Kier molecular flexibility index (Phi) is 23.8. The minimum atomic E-state index is -2.35. The van der Waals surface area contributed by atoms with Crippen LogP contribution in [0.3, 0.4) is 0 Å². The number of carboxylic acid groups (broad SMARTS) is 1. The molecule has 3 aliphatic rings. The van der Waals surface area contributed by atoms with E-state index in [0.29, 0.717) is 0 Å². The summed E-state index contributed by atoms with van der Waals surface area (Å²) in [6, 6.07) is -1.14. The fourth-order valence-corrected chi connectivity index (χ4v) is 8.11. The van der Waals surface area contributed by atoms with E-state index in [1.165, 1.54) is 13.0 Å². The van der Waals surface area contributed by atoms with Crippen molar-refractivity contribution in [2.24, 2.45) is 23.5 Å². The first kappa shape index (κ1) is 56.1. The van der Waals surface area contributed by atoms with E-state index < -0.39 is 141 Å². The molecule has 18 heteroatoms. The lowest BCUT2D eigenvalue weighted by Gasteiger charge is -2.45. The van der Waals surface area contributed by atoms with Crippen LogP contribution in [-0.4, -0.2) is 166 Å². The number of aliphatic hydroxyl groups is 10. The predicted molar refractivity (Wildman–Crippen MR) is 237 cm³/mol. The molecule has 0 aliphatic carbocycles. The Hall–Kier alpha value is -3.18. The Morgan fingerprint density at radius 1 is 0.692 bits per heavy atom. The number of esters is 1. The van der Waals surface area contributed by atoms with Gasteiger partial charge in [-0.25, -0.2) is 0 Å². The maximum Gasteiger partial charge on any atom is 0.311 e. The number of allylic oxidation sites excluding steroid dienone is 10. The first-order valence-corrected chi connectivity index (χ1v) is 22.6. The van der Waals surface area contributed by atoms with Gasteiger partial charge in [0.15, 0.2) is 12.1 Å². The van der Waals surface area contributed by atoms with Crippen LogP contribution in [0.5, 0.6) is 0 Å². The standard InChI is InChI=1S/C47H75NO17/c1-27-17-15-13-11-9-7-5-6-8-10-12-14-16-18-34(64-46-44(58)41(48)43(57)30(4)63-46)24-38-40(45(59)60)37(54)26-47(61,65-38)25-36(53)35(52)20-19-31(49)21-32(50)22-33(51)23-39(55)62-29(3)28(2)42(27)56/h5-6,8,10-18,27-38,40-44,46,49-54,56-58,61H,7,9,19-26,48H2,1-4H3,(H,59,60)/b6-5+,10-8+,13-11+,14-12+,17-15+,18-16+/t27-,28-,29-,30-,31+,32+,33+,34-,35+,36+,37-,38?,40+,41+,42+,43-,44+,46+,47+/m0/s1. The van der Waals surface area contributed by atoms with Crippen molar-refractivity contribution in [3.8, 4) is 0 Å². The zero-order valence-corrected chi connectivity index (χ0v) is 37.8. The minimum Gasteiger partial charge on any atom is -0.481 e. The fourth-order valence-electron chi connectivity index (χ4n) is 8.11. The third kappa shape index (κ3) is 18.8. The van der Waals surface area contributed by atoms with Gasteiger partial charge in [-0.1, -0.05) is 86.8 Å². The Labute approximate surface area is 381 Å². The predicted octanol–water partition coefficient (Wildman–Crippen LogP) is 0.936. The van der Waals surface area contributed by atoms with Gasteiger partial charge in [0.1, 0.15) is 18.1 Å². The first-order chi connectivity index (χ1) is 30.6. The molecule has 3 heterocycles. The molecule has 2 fully saturated rings. The normalized spacial score (nSPS) is 45.2. The SMILES string of the molecule is C[C@@H]1[C@H](O)[C@@H](C)/C=C/C=C/CC/C=C/C=C/C=C/C=C/[C@H](O[C@H]2O[C@@H](C)[C@H](O)[C@@H](N)[C@H]2O)CC2O[C@](O)(C[C@@H](O)[C@H](O)CC[C@@H](O)C[C@@H](O)C[C@@H](O)CC(=O)O[C@H]1C)C[C@H](O)[C@H]2C(=O)O. The van der Waals surface area contributed by atoms with Crippen LogP contribution in [-0.2, 0) is 28.5 Å². The summed E-state index contributed by atoms with van der Waals surface area (Å²) in [6.45, 7) is 6.78. The van der Waals surface area contributed by atoms with E-state index in [1.807, 2.05) is 49.5 Å². The maximum atomic E-state index is 12.6. The number of carbonyl (C=O) groups is 2. The Morgan fingerprint density at radius 2 is 1.28 bits per heavy atom. The first-order valence-electron chi connectivity index (χ1n) is 22.6. The molecule has 0 amide bonds.